The van der Waals surface area contributed by atoms with E-state index in [2.05, 4.69) is 45.6 Å². The summed E-state index contributed by atoms with van der Waals surface area (Å²) >= 11 is 0. The molecule has 4 heterocycles. The average Bonchev–Trinajstić information content (AvgIpc) is 3.16. The van der Waals surface area contributed by atoms with Gasteiger partial charge in [-0.25, -0.2) is 18.7 Å². The van der Waals surface area contributed by atoms with Crippen LogP contribution in [0.15, 0.2) is 61.0 Å². The van der Waals surface area contributed by atoms with Crippen molar-refractivity contribution in [3.05, 3.63) is 66.7 Å². The van der Waals surface area contributed by atoms with E-state index in [1.54, 1.807) is 0 Å². The molecule has 0 spiro atoms. The molecule has 4 rings (SSSR count). The van der Waals surface area contributed by atoms with E-state index >= 15 is 0 Å². The number of rotatable bonds is 6. The van der Waals surface area contributed by atoms with Gasteiger partial charge < -0.3 is 20.3 Å². The number of pyridine rings is 2. The monoisotopic (exact) mass is 465 g/mol. The highest BCUT2D eigenvalue weighted by Crippen LogP contribution is 2.37. The topological polar surface area (TPSA) is 77.1 Å². The van der Waals surface area contributed by atoms with Crippen LogP contribution in [-0.2, 0) is 0 Å². The zero-order chi connectivity index (χ0) is 24.4. The lowest BCUT2D eigenvalue weighted by Crippen LogP contribution is -2.43. The number of anilines is 3. The second kappa shape index (κ2) is 9.67. The molecule has 0 bridgehead atoms. The maximum absolute atomic E-state index is 14.6. The summed E-state index contributed by atoms with van der Waals surface area (Å²) in [6, 6.07) is 6.24. The van der Waals surface area contributed by atoms with Crippen LogP contribution in [-0.4, -0.2) is 32.1 Å². The third kappa shape index (κ3) is 4.53. The van der Waals surface area contributed by atoms with Crippen LogP contribution in [0, 0.1) is 0 Å². The van der Waals surface area contributed by atoms with Gasteiger partial charge >= 0.3 is 0 Å². The van der Waals surface area contributed by atoms with Crippen molar-refractivity contribution >= 4 is 33.7 Å². The Morgan fingerprint density at radius 2 is 2.00 bits per heavy atom. The number of aromatic nitrogens is 3. The number of piperidine rings is 1. The largest absolute Gasteiger partial charge is 0.494 e. The van der Waals surface area contributed by atoms with Crippen molar-refractivity contribution < 1.29 is 13.9 Å². The average molecular weight is 466 g/mol. The second-order valence-corrected chi connectivity index (χ2v) is 8.67. The fraction of sp³-hybridized carbons (Fsp3) is 0.308. The molecule has 1 saturated heterocycles. The SMILES string of the molecule is C=C/C=C(F)\C(=C(/C)F)c1cc(Nc2ccc(N3C(C)CCCC3C)cn2)c2c(O)[nH]cc2n1. The molecule has 0 aromatic carbocycles. The van der Waals surface area contributed by atoms with Crippen LogP contribution >= 0.6 is 0 Å². The number of nitrogens with zero attached hydrogens (tertiary/aromatic N) is 3. The van der Waals surface area contributed by atoms with E-state index in [-0.39, 0.29) is 17.1 Å². The van der Waals surface area contributed by atoms with E-state index in [1.165, 1.54) is 31.7 Å². The van der Waals surface area contributed by atoms with Gasteiger partial charge in [-0.05, 0) is 64.3 Å². The van der Waals surface area contributed by atoms with Crippen LogP contribution in [0.2, 0.25) is 0 Å². The number of aromatic hydroxyl groups is 1. The Balaban J connectivity index is 1.72. The minimum absolute atomic E-state index is 0.0807. The van der Waals surface area contributed by atoms with Crippen molar-refractivity contribution in [1.82, 2.24) is 15.0 Å². The molecule has 2 atom stereocenters. The summed E-state index contributed by atoms with van der Waals surface area (Å²) < 4.78 is 28.9. The first-order chi connectivity index (χ1) is 16.3. The molecule has 178 valence electrons. The molecule has 3 N–H and O–H groups in total. The Bertz CT molecular complexity index is 1250. The van der Waals surface area contributed by atoms with Crippen LogP contribution < -0.4 is 10.2 Å². The Hall–Kier alpha value is -3.68. The highest BCUT2D eigenvalue weighted by Gasteiger charge is 2.25. The number of allylic oxidation sites excluding steroid dienone is 5. The van der Waals surface area contributed by atoms with Crippen molar-refractivity contribution in [3.63, 3.8) is 0 Å². The van der Waals surface area contributed by atoms with Gasteiger partial charge in [-0.2, -0.15) is 0 Å². The van der Waals surface area contributed by atoms with Gasteiger partial charge in [0.1, 0.15) is 17.5 Å². The molecule has 0 saturated carbocycles. The van der Waals surface area contributed by atoms with Crippen LogP contribution in [0.5, 0.6) is 5.88 Å². The first-order valence-corrected chi connectivity index (χ1v) is 11.4. The van der Waals surface area contributed by atoms with Gasteiger partial charge in [0.15, 0.2) is 5.88 Å². The van der Waals surface area contributed by atoms with E-state index in [9.17, 15) is 13.9 Å². The van der Waals surface area contributed by atoms with E-state index in [1.807, 2.05) is 18.3 Å². The molecular weight excluding hydrogens is 436 g/mol. The summed E-state index contributed by atoms with van der Waals surface area (Å²) in [5.41, 5.74) is 1.63. The van der Waals surface area contributed by atoms with Crippen molar-refractivity contribution in [2.24, 2.45) is 0 Å². The number of aromatic amines is 1. The lowest BCUT2D eigenvalue weighted by Gasteiger charge is -2.40. The van der Waals surface area contributed by atoms with Crippen LogP contribution in [0.4, 0.5) is 26.0 Å². The van der Waals surface area contributed by atoms with E-state index < -0.39 is 11.7 Å². The Morgan fingerprint density at radius 3 is 2.62 bits per heavy atom. The smallest absolute Gasteiger partial charge is 0.200 e. The van der Waals surface area contributed by atoms with Gasteiger partial charge in [-0.15, -0.1) is 0 Å². The van der Waals surface area contributed by atoms with Crippen LogP contribution in [0.25, 0.3) is 16.5 Å². The van der Waals surface area contributed by atoms with Crippen LogP contribution in [0.3, 0.4) is 0 Å². The number of halogens is 2. The molecular formula is C26H29F2N5O. The molecule has 0 amide bonds. The van der Waals surface area contributed by atoms with E-state index in [0.717, 1.165) is 24.6 Å². The maximum atomic E-state index is 14.6. The first-order valence-electron chi connectivity index (χ1n) is 11.4. The molecule has 8 heteroatoms. The summed E-state index contributed by atoms with van der Waals surface area (Å²) in [6.45, 7) is 9.09. The lowest BCUT2D eigenvalue weighted by molar-refractivity contribution is 0.414. The summed E-state index contributed by atoms with van der Waals surface area (Å²) in [7, 11) is 0. The van der Waals surface area contributed by atoms with Crippen molar-refractivity contribution in [1.29, 1.82) is 0 Å². The molecule has 1 aliphatic heterocycles. The molecule has 2 unspecified atom stereocenters. The Kier molecular flexibility index (Phi) is 6.68. The van der Waals surface area contributed by atoms with Gasteiger partial charge in [0.25, 0.3) is 0 Å². The number of fused-ring (bicyclic) bond motifs is 1. The predicted octanol–water partition coefficient (Wildman–Crippen LogP) is 6.91. The fourth-order valence-electron chi connectivity index (χ4n) is 4.68. The summed E-state index contributed by atoms with van der Waals surface area (Å²) in [4.78, 5) is 14.0. The van der Waals surface area contributed by atoms with E-state index in [4.69, 9.17) is 0 Å². The quantitative estimate of drug-likeness (QED) is 0.345. The highest BCUT2D eigenvalue weighted by atomic mass is 19.1. The molecule has 3 aromatic rings. The predicted molar refractivity (Wildman–Crippen MR) is 134 cm³/mol. The summed E-state index contributed by atoms with van der Waals surface area (Å²) in [5, 5.41) is 13.9. The summed E-state index contributed by atoms with van der Waals surface area (Å²) in [6.07, 6.45) is 9.15. The van der Waals surface area contributed by atoms with Gasteiger partial charge in [-0.3, -0.25) is 0 Å². The Morgan fingerprint density at radius 1 is 1.26 bits per heavy atom. The molecule has 3 aromatic heterocycles. The minimum atomic E-state index is -0.792. The molecule has 1 aliphatic rings. The van der Waals surface area contributed by atoms with Crippen LogP contribution in [0.1, 0.15) is 45.7 Å². The molecule has 0 radical (unpaired) electrons. The number of hydrogen-bond acceptors (Lipinski definition) is 5. The van der Waals surface area contributed by atoms with Crippen molar-refractivity contribution in [2.45, 2.75) is 52.1 Å². The normalized spacial score (nSPS) is 19.8. The highest BCUT2D eigenvalue weighted by molar-refractivity contribution is 5.99. The lowest BCUT2D eigenvalue weighted by atomic mass is 9.97. The van der Waals surface area contributed by atoms with Gasteiger partial charge in [0.05, 0.1) is 39.7 Å². The maximum Gasteiger partial charge on any atom is 0.200 e. The number of hydrogen-bond donors (Lipinski definition) is 3. The third-order valence-corrected chi connectivity index (χ3v) is 6.24. The third-order valence-electron chi connectivity index (χ3n) is 6.24. The molecule has 34 heavy (non-hydrogen) atoms. The second-order valence-electron chi connectivity index (χ2n) is 8.67. The molecule has 6 nitrogen and oxygen atoms in total. The number of H-pyrrole nitrogens is 1. The number of nitrogens with one attached hydrogen (secondary N) is 2. The molecule has 0 aliphatic carbocycles. The minimum Gasteiger partial charge on any atom is -0.494 e. The van der Waals surface area contributed by atoms with Gasteiger partial charge in [0, 0.05) is 18.3 Å². The first kappa shape index (κ1) is 23.5. The zero-order valence-corrected chi connectivity index (χ0v) is 19.6. The molecule has 1 fully saturated rings. The summed E-state index contributed by atoms with van der Waals surface area (Å²) in [5.74, 6) is -1.08. The standard InChI is InChI=1S/C26H29F2N5O/c1-5-7-19(28)24(17(4)27)20-12-21(25-22(31-20)14-30-26(25)34)32-23-11-10-18(13-29-23)33-15(2)8-6-9-16(33)3/h5,7,10-16,30,34H,1,6,8-9H2,2-4H3,(H,29,32)/b19-7+,24-17-. The van der Waals surface area contributed by atoms with Crippen molar-refractivity contribution in [2.75, 3.05) is 10.2 Å². The zero-order valence-electron chi connectivity index (χ0n) is 19.6. The van der Waals surface area contributed by atoms with Gasteiger partial charge in [0.2, 0.25) is 0 Å². The fourth-order valence-corrected chi connectivity index (χ4v) is 4.68. The Labute approximate surface area is 197 Å². The van der Waals surface area contributed by atoms with Crippen molar-refractivity contribution in [3.8, 4) is 5.88 Å². The van der Waals surface area contributed by atoms with Gasteiger partial charge in [-0.1, -0.05) is 12.7 Å². The van der Waals surface area contributed by atoms with E-state index in [0.29, 0.717) is 34.5 Å².